The number of rotatable bonds is 4. The summed E-state index contributed by atoms with van der Waals surface area (Å²) >= 11 is 5.88. The van der Waals surface area contributed by atoms with Crippen molar-refractivity contribution in [1.82, 2.24) is 4.90 Å². The highest BCUT2D eigenvalue weighted by molar-refractivity contribution is 6.30. The lowest BCUT2D eigenvalue weighted by Gasteiger charge is -2.17. The first-order valence-electron chi connectivity index (χ1n) is 7.54. The van der Waals surface area contributed by atoms with Gasteiger partial charge in [0.25, 0.3) is 5.91 Å². The predicted octanol–water partition coefficient (Wildman–Crippen LogP) is 4.07. The molecule has 0 aliphatic carbocycles. The Labute approximate surface area is 145 Å². The van der Waals surface area contributed by atoms with Crippen molar-refractivity contribution in [3.05, 3.63) is 70.8 Å². The Bertz CT molecular complexity index is 809. The summed E-state index contributed by atoms with van der Waals surface area (Å²) in [7, 11) is 0. The van der Waals surface area contributed by atoms with Gasteiger partial charge in [0.05, 0.1) is 6.42 Å². The largest absolute Gasteiger partial charge is 0.426 e. The van der Waals surface area contributed by atoms with Gasteiger partial charge >= 0.3 is 5.97 Å². The molecule has 0 aromatic heterocycles. The zero-order chi connectivity index (χ0) is 17.3. The molecular weight excluding hydrogens is 326 g/mol. The fraction of sp³-hybridized carbons (Fsp3) is 0.158. The minimum Gasteiger partial charge on any atom is -0.426 e. The van der Waals surface area contributed by atoms with Crippen LogP contribution in [0.4, 0.5) is 0 Å². The van der Waals surface area contributed by atoms with Crippen molar-refractivity contribution >= 4 is 29.2 Å². The summed E-state index contributed by atoms with van der Waals surface area (Å²) in [6.45, 7) is 6.00. The van der Waals surface area contributed by atoms with Crippen LogP contribution in [0, 0.1) is 6.92 Å². The van der Waals surface area contributed by atoms with E-state index in [1.807, 2.05) is 25.1 Å². The van der Waals surface area contributed by atoms with Crippen molar-refractivity contribution in [2.45, 2.75) is 13.3 Å². The van der Waals surface area contributed by atoms with Crippen molar-refractivity contribution in [1.29, 1.82) is 0 Å². The molecule has 0 fully saturated rings. The molecule has 1 heterocycles. The van der Waals surface area contributed by atoms with Crippen LogP contribution in [-0.4, -0.2) is 23.3 Å². The minimum absolute atomic E-state index is 0.0841. The Morgan fingerprint density at radius 1 is 1.21 bits per heavy atom. The number of nitrogens with zero attached hydrogens (tertiary/aromatic N) is 1. The molecule has 0 spiro atoms. The Morgan fingerprint density at radius 2 is 1.92 bits per heavy atom. The molecule has 3 rings (SSSR count). The van der Waals surface area contributed by atoms with Crippen LogP contribution >= 0.6 is 11.6 Å². The van der Waals surface area contributed by atoms with Crippen molar-refractivity contribution in [3.63, 3.8) is 0 Å². The second-order valence-electron chi connectivity index (χ2n) is 5.58. The monoisotopic (exact) mass is 341 g/mol. The van der Waals surface area contributed by atoms with Gasteiger partial charge in [-0.25, -0.2) is 0 Å². The third-order valence-electron chi connectivity index (χ3n) is 3.94. The van der Waals surface area contributed by atoms with Crippen LogP contribution in [0.1, 0.15) is 27.9 Å². The smallest absolute Gasteiger partial charge is 0.313 e. The van der Waals surface area contributed by atoms with Crippen LogP contribution in [0.2, 0.25) is 5.02 Å². The highest BCUT2D eigenvalue weighted by Gasteiger charge is 2.30. The van der Waals surface area contributed by atoms with Gasteiger partial charge in [-0.1, -0.05) is 36.4 Å². The number of esters is 1. The van der Waals surface area contributed by atoms with Gasteiger partial charge in [-0.05, 0) is 36.8 Å². The molecule has 122 valence electrons. The number of hydrogen-bond donors (Lipinski definition) is 0. The number of benzene rings is 2. The SMILES string of the molecule is C=C1c2ccccc2C(=O)N1CCC(=O)Oc1ccc(Cl)cc1C. The molecule has 1 aliphatic rings. The summed E-state index contributed by atoms with van der Waals surface area (Å²) < 4.78 is 5.34. The number of amides is 1. The Balaban J connectivity index is 1.63. The fourth-order valence-corrected chi connectivity index (χ4v) is 2.90. The van der Waals surface area contributed by atoms with Gasteiger partial charge in [-0.2, -0.15) is 0 Å². The van der Waals surface area contributed by atoms with Gasteiger partial charge in [0.1, 0.15) is 5.75 Å². The fourth-order valence-electron chi connectivity index (χ4n) is 2.68. The van der Waals surface area contributed by atoms with Gasteiger partial charge in [-0.15, -0.1) is 0 Å². The van der Waals surface area contributed by atoms with E-state index in [0.717, 1.165) is 11.1 Å². The summed E-state index contributed by atoms with van der Waals surface area (Å²) in [5, 5.41) is 0.587. The van der Waals surface area contributed by atoms with Crippen LogP contribution in [-0.2, 0) is 4.79 Å². The molecule has 24 heavy (non-hydrogen) atoms. The summed E-state index contributed by atoms with van der Waals surface area (Å²) in [6, 6.07) is 12.3. The first-order chi connectivity index (χ1) is 11.5. The van der Waals surface area contributed by atoms with E-state index in [-0.39, 0.29) is 18.9 Å². The van der Waals surface area contributed by atoms with E-state index in [1.165, 1.54) is 4.90 Å². The van der Waals surface area contributed by atoms with E-state index in [0.29, 0.717) is 22.0 Å². The van der Waals surface area contributed by atoms with E-state index >= 15 is 0 Å². The molecule has 0 bridgehead atoms. The first-order valence-corrected chi connectivity index (χ1v) is 7.92. The summed E-state index contributed by atoms with van der Waals surface area (Å²) in [5.41, 5.74) is 2.82. The molecule has 2 aromatic rings. The quantitative estimate of drug-likeness (QED) is 0.622. The predicted molar refractivity (Wildman–Crippen MR) is 93.0 cm³/mol. The third kappa shape index (κ3) is 3.05. The van der Waals surface area contributed by atoms with E-state index in [4.69, 9.17) is 16.3 Å². The molecule has 0 atom stereocenters. The van der Waals surface area contributed by atoms with Crippen molar-refractivity contribution < 1.29 is 14.3 Å². The molecule has 0 unspecified atom stereocenters. The number of hydrogen-bond acceptors (Lipinski definition) is 3. The molecule has 5 heteroatoms. The summed E-state index contributed by atoms with van der Waals surface area (Å²) in [5.74, 6) is -0.0673. The molecule has 4 nitrogen and oxygen atoms in total. The van der Waals surface area contributed by atoms with Gasteiger partial charge in [0.15, 0.2) is 0 Å². The maximum atomic E-state index is 12.4. The lowest BCUT2D eigenvalue weighted by Crippen LogP contribution is -2.26. The van der Waals surface area contributed by atoms with Gasteiger partial charge in [-0.3, -0.25) is 9.59 Å². The first kappa shape index (κ1) is 16.3. The number of ether oxygens (including phenoxy) is 1. The maximum Gasteiger partial charge on any atom is 0.313 e. The van der Waals surface area contributed by atoms with E-state index in [9.17, 15) is 9.59 Å². The molecular formula is C19H16ClNO3. The Morgan fingerprint density at radius 3 is 2.58 bits per heavy atom. The van der Waals surface area contributed by atoms with Crippen molar-refractivity contribution in [2.75, 3.05) is 6.54 Å². The van der Waals surface area contributed by atoms with E-state index in [2.05, 4.69) is 6.58 Å². The Hall–Kier alpha value is -2.59. The molecule has 0 saturated carbocycles. The number of carbonyl (C=O) groups is 2. The lowest BCUT2D eigenvalue weighted by molar-refractivity contribution is -0.134. The highest BCUT2D eigenvalue weighted by atomic mass is 35.5. The molecule has 1 amide bonds. The number of halogens is 1. The second-order valence-corrected chi connectivity index (χ2v) is 6.02. The third-order valence-corrected chi connectivity index (χ3v) is 4.17. The second kappa shape index (κ2) is 6.49. The maximum absolute atomic E-state index is 12.4. The van der Waals surface area contributed by atoms with Crippen molar-refractivity contribution in [2.24, 2.45) is 0 Å². The zero-order valence-corrected chi connectivity index (χ0v) is 14.0. The minimum atomic E-state index is -0.406. The van der Waals surface area contributed by atoms with Crippen LogP contribution in [0.15, 0.2) is 49.0 Å². The Kier molecular flexibility index (Phi) is 4.40. The molecule has 0 saturated heterocycles. The van der Waals surface area contributed by atoms with Crippen molar-refractivity contribution in [3.8, 4) is 5.75 Å². The van der Waals surface area contributed by atoms with Gasteiger partial charge in [0, 0.05) is 28.4 Å². The number of fused-ring (bicyclic) bond motifs is 1. The number of carbonyl (C=O) groups excluding carboxylic acids is 2. The molecule has 0 N–H and O–H groups in total. The van der Waals surface area contributed by atoms with Crippen LogP contribution in [0.3, 0.4) is 0 Å². The lowest BCUT2D eigenvalue weighted by atomic mass is 10.1. The zero-order valence-electron chi connectivity index (χ0n) is 13.2. The summed E-state index contributed by atoms with van der Waals surface area (Å²) in [4.78, 5) is 26.0. The van der Waals surface area contributed by atoms with E-state index < -0.39 is 5.97 Å². The standard InChI is InChI=1S/C19H16ClNO3/c1-12-11-14(20)7-8-17(12)24-18(22)9-10-21-13(2)15-5-3-4-6-16(15)19(21)23/h3-8,11H,2,9-10H2,1H3. The van der Waals surface area contributed by atoms with E-state index in [1.54, 1.807) is 24.3 Å². The normalized spacial score (nSPS) is 13.2. The summed E-state index contributed by atoms with van der Waals surface area (Å²) in [6.07, 6.45) is 0.0841. The molecule has 1 aliphatic heterocycles. The topological polar surface area (TPSA) is 46.6 Å². The van der Waals surface area contributed by atoms with Crippen LogP contribution in [0.25, 0.3) is 5.70 Å². The average molecular weight is 342 g/mol. The number of aryl methyl sites for hydroxylation is 1. The van der Waals surface area contributed by atoms with Gasteiger partial charge in [0.2, 0.25) is 0 Å². The average Bonchev–Trinajstić information content (AvgIpc) is 2.80. The van der Waals surface area contributed by atoms with Crippen LogP contribution < -0.4 is 4.74 Å². The molecule has 0 radical (unpaired) electrons. The van der Waals surface area contributed by atoms with Gasteiger partial charge < -0.3 is 9.64 Å². The van der Waals surface area contributed by atoms with Crippen LogP contribution in [0.5, 0.6) is 5.75 Å². The molecule has 2 aromatic carbocycles. The highest BCUT2D eigenvalue weighted by Crippen LogP contribution is 2.31.